The second kappa shape index (κ2) is 6.81. The van der Waals surface area contributed by atoms with Crippen LogP contribution in [0.4, 0.5) is 5.69 Å². The first-order valence-corrected chi connectivity index (χ1v) is 6.69. The quantitative estimate of drug-likeness (QED) is 0.845. The lowest BCUT2D eigenvalue weighted by Gasteiger charge is -2.06. The average molecular weight is 334 g/mol. The second-order valence-corrected chi connectivity index (χ2v) is 4.88. The zero-order valence-corrected chi connectivity index (χ0v) is 12.1. The van der Waals surface area contributed by atoms with Crippen LogP contribution in [-0.2, 0) is 16.1 Å². The van der Waals surface area contributed by atoms with Crippen LogP contribution in [0, 0.1) is 0 Å². The summed E-state index contributed by atoms with van der Waals surface area (Å²) in [4.78, 5) is 27.4. The molecular formula is C14H12BrN3O2. The minimum Gasteiger partial charge on any atom is -0.342 e. The van der Waals surface area contributed by atoms with E-state index in [1.165, 1.54) is 0 Å². The summed E-state index contributed by atoms with van der Waals surface area (Å²) in [6.45, 7) is 0.214. The van der Waals surface area contributed by atoms with Crippen LogP contribution in [0.2, 0.25) is 0 Å². The van der Waals surface area contributed by atoms with E-state index in [0.717, 1.165) is 4.47 Å². The van der Waals surface area contributed by atoms with Gasteiger partial charge in [-0.3, -0.25) is 14.6 Å². The molecule has 0 spiro atoms. The number of hydrogen-bond acceptors (Lipinski definition) is 3. The Kier molecular flexibility index (Phi) is 4.84. The zero-order chi connectivity index (χ0) is 14.4. The lowest BCUT2D eigenvalue weighted by molar-refractivity contribution is -0.136. The molecule has 0 aliphatic heterocycles. The van der Waals surface area contributed by atoms with Gasteiger partial charge in [0, 0.05) is 16.4 Å². The van der Waals surface area contributed by atoms with E-state index < -0.39 is 11.8 Å². The molecule has 0 aliphatic carbocycles. The fraction of sp³-hybridized carbons (Fsp3) is 0.0714. The molecule has 1 heterocycles. The summed E-state index contributed by atoms with van der Waals surface area (Å²) >= 11 is 3.29. The van der Waals surface area contributed by atoms with Gasteiger partial charge >= 0.3 is 11.8 Å². The smallest absolute Gasteiger partial charge is 0.313 e. The van der Waals surface area contributed by atoms with Crippen molar-refractivity contribution in [3.63, 3.8) is 0 Å². The summed E-state index contributed by atoms with van der Waals surface area (Å²) in [5, 5.41) is 5.03. The first kappa shape index (κ1) is 14.2. The van der Waals surface area contributed by atoms with Crippen molar-refractivity contribution in [3.05, 3.63) is 58.8 Å². The van der Waals surface area contributed by atoms with Crippen LogP contribution in [0.1, 0.15) is 5.69 Å². The monoisotopic (exact) mass is 333 g/mol. The van der Waals surface area contributed by atoms with E-state index in [2.05, 4.69) is 31.5 Å². The Morgan fingerprint density at radius 2 is 1.95 bits per heavy atom. The normalized spacial score (nSPS) is 9.85. The molecule has 2 N–H and O–H groups in total. The van der Waals surface area contributed by atoms with Gasteiger partial charge in [-0.15, -0.1) is 0 Å². The van der Waals surface area contributed by atoms with Crippen molar-refractivity contribution < 1.29 is 9.59 Å². The molecule has 0 atom stereocenters. The number of amides is 2. The average Bonchev–Trinajstić information content (AvgIpc) is 2.46. The Hall–Kier alpha value is -2.21. The third-order valence-corrected chi connectivity index (χ3v) is 2.94. The minimum atomic E-state index is -0.709. The highest BCUT2D eigenvalue weighted by molar-refractivity contribution is 9.10. The maximum Gasteiger partial charge on any atom is 0.313 e. The number of halogens is 1. The number of hydrogen-bond donors (Lipinski definition) is 2. The predicted octanol–water partition coefficient (Wildman–Crippen LogP) is 2.10. The van der Waals surface area contributed by atoms with E-state index in [1.54, 1.807) is 36.5 Å². The number of nitrogens with one attached hydrogen (secondary N) is 2. The van der Waals surface area contributed by atoms with Crippen molar-refractivity contribution in [3.8, 4) is 0 Å². The predicted molar refractivity (Wildman–Crippen MR) is 78.9 cm³/mol. The van der Waals surface area contributed by atoms with Crippen molar-refractivity contribution >= 4 is 33.4 Å². The zero-order valence-electron chi connectivity index (χ0n) is 10.5. The van der Waals surface area contributed by atoms with E-state index in [-0.39, 0.29) is 6.54 Å². The molecule has 0 bridgehead atoms. The number of nitrogens with zero attached hydrogens (tertiary/aromatic N) is 1. The maximum atomic E-state index is 11.7. The van der Waals surface area contributed by atoms with E-state index in [9.17, 15) is 9.59 Å². The lowest BCUT2D eigenvalue weighted by atomic mass is 10.3. The number of carbonyl (C=O) groups is 2. The summed E-state index contributed by atoms with van der Waals surface area (Å²) in [7, 11) is 0. The van der Waals surface area contributed by atoms with Crippen LogP contribution in [-0.4, -0.2) is 16.8 Å². The number of anilines is 1. The van der Waals surface area contributed by atoms with Gasteiger partial charge in [0.2, 0.25) is 0 Å². The second-order valence-electron chi connectivity index (χ2n) is 3.97. The molecule has 1 aromatic heterocycles. The van der Waals surface area contributed by atoms with Crippen LogP contribution in [0.3, 0.4) is 0 Å². The minimum absolute atomic E-state index is 0.214. The van der Waals surface area contributed by atoms with Gasteiger partial charge in [0.25, 0.3) is 0 Å². The van der Waals surface area contributed by atoms with Crippen molar-refractivity contribution in [1.82, 2.24) is 10.3 Å². The molecule has 2 aromatic rings. The molecule has 0 fully saturated rings. The Morgan fingerprint density at radius 1 is 1.10 bits per heavy atom. The number of benzene rings is 1. The first-order chi connectivity index (χ1) is 9.65. The molecule has 5 nitrogen and oxygen atoms in total. The first-order valence-electron chi connectivity index (χ1n) is 5.90. The molecule has 6 heteroatoms. The van der Waals surface area contributed by atoms with E-state index in [1.807, 2.05) is 12.1 Å². The van der Waals surface area contributed by atoms with Gasteiger partial charge in [-0.1, -0.05) is 28.1 Å². The largest absolute Gasteiger partial charge is 0.342 e. The van der Waals surface area contributed by atoms with Crippen LogP contribution < -0.4 is 10.6 Å². The molecule has 0 aliphatic rings. The number of rotatable bonds is 3. The van der Waals surface area contributed by atoms with Gasteiger partial charge in [-0.2, -0.15) is 0 Å². The lowest BCUT2D eigenvalue weighted by Crippen LogP contribution is -2.35. The Bertz CT molecular complexity index is 617. The van der Waals surface area contributed by atoms with Gasteiger partial charge in [0.15, 0.2) is 0 Å². The summed E-state index contributed by atoms with van der Waals surface area (Å²) in [5.74, 6) is -1.41. The SMILES string of the molecule is O=C(NCc1ccccn1)C(=O)Nc1cccc(Br)c1. The van der Waals surface area contributed by atoms with E-state index >= 15 is 0 Å². The van der Waals surface area contributed by atoms with Crippen LogP contribution in [0.25, 0.3) is 0 Å². The molecule has 0 saturated carbocycles. The van der Waals surface area contributed by atoms with Gasteiger partial charge in [0.05, 0.1) is 12.2 Å². The highest BCUT2D eigenvalue weighted by atomic mass is 79.9. The van der Waals surface area contributed by atoms with E-state index in [0.29, 0.717) is 11.4 Å². The number of aromatic nitrogens is 1. The molecule has 0 saturated heterocycles. The van der Waals surface area contributed by atoms with Crippen molar-refractivity contribution in [2.24, 2.45) is 0 Å². The van der Waals surface area contributed by atoms with Gasteiger partial charge < -0.3 is 10.6 Å². The molecule has 2 rings (SSSR count). The Labute approximate surface area is 124 Å². The molecule has 102 valence electrons. The van der Waals surface area contributed by atoms with Crippen LogP contribution in [0.15, 0.2) is 53.1 Å². The van der Waals surface area contributed by atoms with Crippen molar-refractivity contribution in [1.29, 1.82) is 0 Å². The van der Waals surface area contributed by atoms with Crippen molar-refractivity contribution in [2.45, 2.75) is 6.54 Å². The highest BCUT2D eigenvalue weighted by Gasteiger charge is 2.13. The standard InChI is InChI=1S/C14H12BrN3O2/c15-10-4-3-6-11(8-10)18-14(20)13(19)17-9-12-5-1-2-7-16-12/h1-8H,9H2,(H,17,19)(H,18,20). The third kappa shape index (κ3) is 4.17. The Balaban J connectivity index is 1.88. The van der Waals surface area contributed by atoms with Gasteiger partial charge in [0.1, 0.15) is 0 Å². The number of pyridine rings is 1. The van der Waals surface area contributed by atoms with Gasteiger partial charge in [-0.05, 0) is 30.3 Å². The molecule has 0 radical (unpaired) electrons. The fourth-order valence-electron chi connectivity index (χ4n) is 1.51. The fourth-order valence-corrected chi connectivity index (χ4v) is 1.91. The summed E-state index contributed by atoms with van der Waals surface area (Å²) in [5.41, 5.74) is 1.24. The molecule has 0 unspecified atom stereocenters. The Morgan fingerprint density at radius 3 is 2.65 bits per heavy atom. The van der Waals surface area contributed by atoms with Crippen molar-refractivity contribution in [2.75, 3.05) is 5.32 Å². The molecule has 1 aromatic carbocycles. The van der Waals surface area contributed by atoms with Crippen LogP contribution in [0.5, 0.6) is 0 Å². The van der Waals surface area contributed by atoms with Gasteiger partial charge in [-0.25, -0.2) is 0 Å². The third-order valence-electron chi connectivity index (χ3n) is 2.44. The molecule has 2 amide bonds. The highest BCUT2D eigenvalue weighted by Crippen LogP contribution is 2.15. The topological polar surface area (TPSA) is 71.1 Å². The summed E-state index contributed by atoms with van der Waals surface area (Å²) in [6.07, 6.45) is 1.63. The summed E-state index contributed by atoms with van der Waals surface area (Å²) < 4.78 is 0.823. The molecular weight excluding hydrogens is 322 g/mol. The van der Waals surface area contributed by atoms with E-state index in [4.69, 9.17) is 0 Å². The summed E-state index contributed by atoms with van der Waals surface area (Å²) in [6, 6.07) is 12.4. The molecule has 20 heavy (non-hydrogen) atoms. The number of carbonyl (C=O) groups excluding carboxylic acids is 2. The maximum absolute atomic E-state index is 11.7. The van der Waals surface area contributed by atoms with Crippen LogP contribution >= 0.6 is 15.9 Å².